The highest BCUT2D eigenvalue weighted by Crippen LogP contribution is 2.28. The molecule has 1 N–H and O–H groups in total. The van der Waals surface area contributed by atoms with Crippen molar-refractivity contribution in [2.45, 2.75) is 13.0 Å². The molecule has 0 aliphatic carbocycles. The van der Waals surface area contributed by atoms with Gasteiger partial charge in [0.1, 0.15) is 5.01 Å². The van der Waals surface area contributed by atoms with Crippen LogP contribution in [-0.4, -0.2) is 36.2 Å². The zero-order valence-electron chi connectivity index (χ0n) is 11.7. The van der Waals surface area contributed by atoms with Crippen LogP contribution in [0, 0.1) is 0 Å². The van der Waals surface area contributed by atoms with E-state index in [0.29, 0.717) is 5.01 Å². The second-order valence-electron chi connectivity index (χ2n) is 4.04. The van der Waals surface area contributed by atoms with Crippen molar-refractivity contribution >= 4 is 40.6 Å². The van der Waals surface area contributed by atoms with Gasteiger partial charge in [-0.25, -0.2) is 14.6 Å². The maximum Gasteiger partial charge on any atom is 0.413 e. The Morgan fingerprint density at radius 2 is 2.09 bits per heavy atom. The quantitative estimate of drug-likeness (QED) is 0.858. The highest BCUT2D eigenvalue weighted by atomic mass is 32.1. The van der Waals surface area contributed by atoms with Crippen LogP contribution in [0.1, 0.15) is 17.4 Å². The summed E-state index contributed by atoms with van der Waals surface area (Å²) < 4.78 is 9.25. The fourth-order valence-corrected chi connectivity index (χ4v) is 3.01. The number of imide groups is 1. The molecule has 0 aliphatic heterocycles. The number of thiophene rings is 1. The minimum atomic E-state index is -1.14. The van der Waals surface area contributed by atoms with Crippen LogP contribution in [0.5, 0.6) is 0 Å². The van der Waals surface area contributed by atoms with Crippen molar-refractivity contribution in [3.05, 3.63) is 28.6 Å². The van der Waals surface area contributed by atoms with Gasteiger partial charge in [0.2, 0.25) is 0 Å². The number of amides is 2. The lowest BCUT2D eigenvalue weighted by molar-refractivity contribution is -0.128. The number of thiazole rings is 1. The fourth-order valence-electron chi connectivity index (χ4n) is 1.41. The molecule has 0 saturated carbocycles. The predicted octanol–water partition coefficient (Wildman–Crippen LogP) is 2.30. The molecule has 0 bridgehead atoms. The molecule has 7 nitrogen and oxygen atoms in total. The Morgan fingerprint density at radius 3 is 2.73 bits per heavy atom. The Morgan fingerprint density at radius 1 is 1.32 bits per heavy atom. The second-order valence-corrected chi connectivity index (χ2v) is 5.85. The van der Waals surface area contributed by atoms with Gasteiger partial charge in [-0.1, -0.05) is 6.07 Å². The van der Waals surface area contributed by atoms with Crippen LogP contribution in [0.15, 0.2) is 22.9 Å². The maximum atomic E-state index is 11.9. The molecule has 0 spiro atoms. The minimum absolute atomic E-state index is 0.117. The van der Waals surface area contributed by atoms with Crippen LogP contribution in [0.25, 0.3) is 9.88 Å². The number of alkyl carbamates (subject to hydrolysis) is 1. The van der Waals surface area contributed by atoms with Crippen molar-refractivity contribution in [2.24, 2.45) is 0 Å². The lowest BCUT2D eigenvalue weighted by Gasteiger charge is -2.11. The third kappa shape index (κ3) is 3.89. The summed E-state index contributed by atoms with van der Waals surface area (Å²) in [6.45, 7) is 1.35. The first-order valence-electron chi connectivity index (χ1n) is 6.10. The molecule has 2 aromatic heterocycles. The van der Waals surface area contributed by atoms with Crippen LogP contribution < -0.4 is 5.32 Å². The van der Waals surface area contributed by atoms with Crippen LogP contribution in [0.2, 0.25) is 0 Å². The van der Waals surface area contributed by atoms with Crippen molar-refractivity contribution in [3.8, 4) is 9.88 Å². The summed E-state index contributed by atoms with van der Waals surface area (Å²) in [5.41, 5.74) is 0.117. The second kappa shape index (κ2) is 7.14. The van der Waals surface area contributed by atoms with Gasteiger partial charge in [-0.3, -0.25) is 10.1 Å². The van der Waals surface area contributed by atoms with Gasteiger partial charge in [0, 0.05) is 5.38 Å². The van der Waals surface area contributed by atoms with E-state index in [0.717, 1.165) is 12.0 Å². The molecule has 9 heteroatoms. The summed E-state index contributed by atoms with van der Waals surface area (Å²) >= 11 is 2.82. The molecule has 22 heavy (non-hydrogen) atoms. The number of carbonyl (C=O) groups excluding carboxylic acids is 3. The van der Waals surface area contributed by atoms with Gasteiger partial charge in [-0.05, 0) is 18.4 Å². The zero-order chi connectivity index (χ0) is 16.1. The highest BCUT2D eigenvalue weighted by molar-refractivity contribution is 7.20. The molecule has 116 valence electrons. The number of ether oxygens (including phenoxy) is 2. The van der Waals surface area contributed by atoms with Crippen LogP contribution in [0.3, 0.4) is 0 Å². The molecule has 0 fully saturated rings. The standard InChI is InChI=1S/C13H12N2O5S2/c1-7(10(16)15-13(18)19-2)20-12(17)8-6-22-11(14-8)9-4-3-5-21-9/h3-7H,1-2H3,(H,15,16,18)/t7-/m1/s1. The number of nitrogens with one attached hydrogen (secondary N) is 1. The molecular formula is C13H12N2O5S2. The average Bonchev–Trinajstić information content (AvgIpc) is 3.17. The Kier molecular flexibility index (Phi) is 5.23. The molecule has 0 unspecified atom stereocenters. The van der Waals surface area contributed by atoms with Crippen molar-refractivity contribution < 1.29 is 23.9 Å². The lowest BCUT2D eigenvalue weighted by Crippen LogP contribution is -2.39. The third-order valence-electron chi connectivity index (χ3n) is 2.51. The van der Waals surface area contributed by atoms with E-state index in [1.807, 2.05) is 22.8 Å². The zero-order valence-corrected chi connectivity index (χ0v) is 13.3. The van der Waals surface area contributed by atoms with Gasteiger partial charge in [0.05, 0.1) is 12.0 Å². The minimum Gasteiger partial charge on any atom is -0.453 e. The van der Waals surface area contributed by atoms with Gasteiger partial charge < -0.3 is 9.47 Å². The number of aromatic nitrogens is 1. The summed E-state index contributed by atoms with van der Waals surface area (Å²) in [5.74, 6) is -1.50. The fraction of sp³-hybridized carbons (Fsp3) is 0.231. The monoisotopic (exact) mass is 340 g/mol. The van der Waals surface area contributed by atoms with Crippen LogP contribution >= 0.6 is 22.7 Å². The Labute approximate surface area is 133 Å². The van der Waals surface area contributed by atoms with E-state index in [4.69, 9.17) is 4.74 Å². The van der Waals surface area contributed by atoms with E-state index >= 15 is 0 Å². The third-order valence-corrected chi connectivity index (χ3v) is 4.39. The summed E-state index contributed by atoms with van der Waals surface area (Å²) in [6, 6.07) is 3.78. The van der Waals surface area contributed by atoms with E-state index in [1.165, 1.54) is 29.6 Å². The number of methoxy groups -OCH3 is 1. The topological polar surface area (TPSA) is 94.6 Å². The van der Waals surface area contributed by atoms with Crippen LogP contribution in [0.4, 0.5) is 4.79 Å². The van der Waals surface area contributed by atoms with E-state index in [9.17, 15) is 14.4 Å². The molecule has 1 atom stereocenters. The highest BCUT2D eigenvalue weighted by Gasteiger charge is 2.22. The Balaban J connectivity index is 1.97. The van der Waals surface area contributed by atoms with E-state index in [-0.39, 0.29) is 5.69 Å². The SMILES string of the molecule is COC(=O)NC(=O)[C@@H](C)OC(=O)c1csc(-c2cccs2)n1. The lowest BCUT2D eigenvalue weighted by atomic mass is 10.3. The first-order chi connectivity index (χ1) is 10.5. The summed E-state index contributed by atoms with van der Waals surface area (Å²) in [5, 5.41) is 6.09. The number of nitrogens with zero attached hydrogens (tertiary/aromatic N) is 1. The van der Waals surface area contributed by atoms with E-state index in [1.54, 1.807) is 5.38 Å². The molecule has 0 radical (unpaired) electrons. The predicted molar refractivity (Wildman–Crippen MR) is 80.9 cm³/mol. The van der Waals surface area contributed by atoms with E-state index in [2.05, 4.69) is 9.72 Å². The van der Waals surface area contributed by atoms with Gasteiger partial charge in [-0.2, -0.15) is 0 Å². The Hall–Kier alpha value is -2.26. The van der Waals surface area contributed by atoms with Crippen molar-refractivity contribution in [3.63, 3.8) is 0 Å². The number of hydrogen-bond acceptors (Lipinski definition) is 8. The van der Waals surface area contributed by atoms with Crippen LogP contribution in [-0.2, 0) is 14.3 Å². The number of rotatable bonds is 4. The molecule has 2 rings (SSSR count). The first kappa shape index (κ1) is 16.1. The molecule has 0 saturated heterocycles. The van der Waals surface area contributed by atoms with Gasteiger partial charge >= 0.3 is 12.1 Å². The maximum absolute atomic E-state index is 11.9. The van der Waals surface area contributed by atoms with Crippen molar-refractivity contribution in [2.75, 3.05) is 7.11 Å². The molecule has 0 aromatic carbocycles. The van der Waals surface area contributed by atoms with Crippen molar-refractivity contribution in [1.29, 1.82) is 0 Å². The number of esters is 1. The molecule has 2 amide bonds. The van der Waals surface area contributed by atoms with Gasteiger partial charge in [0.25, 0.3) is 5.91 Å². The van der Waals surface area contributed by atoms with Gasteiger partial charge in [0.15, 0.2) is 11.8 Å². The molecule has 2 heterocycles. The average molecular weight is 340 g/mol. The first-order valence-corrected chi connectivity index (χ1v) is 7.86. The summed E-state index contributed by atoms with van der Waals surface area (Å²) in [7, 11) is 1.13. The van der Waals surface area contributed by atoms with Gasteiger partial charge in [-0.15, -0.1) is 22.7 Å². The summed E-state index contributed by atoms with van der Waals surface area (Å²) in [6.07, 6.45) is -2.06. The number of carbonyl (C=O) groups is 3. The largest absolute Gasteiger partial charge is 0.453 e. The van der Waals surface area contributed by atoms with Crippen molar-refractivity contribution in [1.82, 2.24) is 10.3 Å². The molecule has 0 aliphatic rings. The van der Waals surface area contributed by atoms with E-state index < -0.39 is 24.1 Å². The summed E-state index contributed by atoms with van der Waals surface area (Å²) in [4.78, 5) is 39.5. The normalized spacial score (nSPS) is 11.5. The number of hydrogen-bond donors (Lipinski definition) is 1. The Bertz CT molecular complexity index is 680. The smallest absolute Gasteiger partial charge is 0.413 e. The molecular weight excluding hydrogens is 328 g/mol. The molecule has 2 aromatic rings.